The first kappa shape index (κ1) is 29.0. The molecule has 0 amide bonds. The number of aryl methyl sites for hydroxylation is 2. The standard InChI is InChI=1S/C31H33F5N3O2/c1-5-8-9-10-11-19-12-14-39-22(16-19)24-20(17-21(32)25(26(24)33)31(34,35)36)29(6-2)23(30(29,39)7-3)18-41-28(40)27-37-13-15-38(27)4/h12-18H,5-11H2,1-4H3/q+1/p+1. The van der Waals surface area contributed by atoms with Gasteiger partial charge in [-0.15, -0.1) is 0 Å². The second-order valence-electron chi connectivity index (χ2n) is 10.9. The zero-order chi connectivity index (χ0) is 29.7. The van der Waals surface area contributed by atoms with Gasteiger partial charge in [0.05, 0.1) is 23.6 Å². The minimum Gasteiger partial charge on any atom is -0.425 e. The predicted molar refractivity (Wildman–Crippen MR) is 141 cm³/mol. The van der Waals surface area contributed by atoms with Gasteiger partial charge in [-0.25, -0.2) is 23.1 Å². The van der Waals surface area contributed by atoms with Crippen LogP contribution >= 0.6 is 0 Å². The van der Waals surface area contributed by atoms with Crippen LogP contribution in [0.1, 0.15) is 86.6 Å². The number of allylic oxidation sites excluding steroid dienone is 1. The van der Waals surface area contributed by atoms with Gasteiger partial charge >= 0.3 is 18.0 Å². The summed E-state index contributed by atoms with van der Waals surface area (Å²) < 4.78 is 81.7. The van der Waals surface area contributed by atoms with Crippen LogP contribution in [0.4, 0.5) is 22.0 Å². The lowest BCUT2D eigenvalue weighted by Crippen LogP contribution is -2.55. The molecule has 1 aliphatic carbocycles. The molecule has 1 saturated carbocycles. The largest absolute Gasteiger partial charge is 0.426 e. The summed E-state index contributed by atoms with van der Waals surface area (Å²) in [6.45, 7) is 5.84. The normalized spacial score (nSPS) is 21.8. The molecule has 1 aliphatic heterocycles. The Balaban J connectivity index is 1.72. The summed E-state index contributed by atoms with van der Waals surface area (Å²) in [5.41, 5.74) is -2.26. The lowest BCUT2D eigenvalue weighted by molar-refractivity contribution is -0.732. The topological polar surface area (TPSA) is 49.9 Å². The second-order valence-corrected chi connectivity index (χ2v) is 10.9. The third-order valence-electron chi connectivity index (χ3n) is 8.91. The van der Waals surface area contributed by atoms with Crippen LogP contribution in [-0.4, -0.2) is 11.0 Å². The van der Waals surface area contributed by atoms with Gasteiger partial charge in [-0.2, -0.15) is 17.7 Å². The third-order valence-corrected chi connectivity index (χ3v) is 8.91. The first-order valence-electron chi connectivity index (χ1n) is 14.1. The van der Waals surface area contributed by atoms with E-state index in [1.54, 1.807) is 40.8 Å². The number of unbranched alkanes of at least 4 members (excludes halogenated alkanes) is 3. The maximum Gasteiger partial charge on any atom is 0.426 e. The van der Waals surface area contributed by atoms with E-state index in [-0.39, 0.29) is 22.6 Å². The molecular weight excluding hydrogens is 541 g/mol. The number of halogens is 5. The van der Waals surface area contributed by atoms with Crippen LogP contribution in [-0.2, 0) is 35.3 Å². The average molecular weight is 576 g/mol. The molecule has 3 aromatic rings. The van der Waals surface area contributed by atoms with E-state index in [1.165, 1.54) is 6.26 Å². The Bertz CT molecular complexity index is 1540. The molecule has 2 unspecified atom stereocenters. The number of carbonyl (C=O) groups excluding carboxylic acids is 1. The van der Waals surface area contributed by atoms with E-state index in [0.29, 0.717) is 24.8 Å². The number of ether oxygens (including phenoxy) is 1. The van der Waals surface area contributed by atoms with Gasteiger partial charge in [0, 0.05) is 18.6 Å². The van der Waals surface area contributed by atoms with E-state index in [1.807, 2.05) is 19.9 Å². The van der Waals surface area contributed by atoms with Crippen molar-refractivity contribution in [3.63, 3.8) is 0 Å². The van der Waals surface area contributed by atoms with E-state index in [9.17, 15) is 18.0 Å². The monoisotopic (exact) mass is 575 g/mol. The number of fused-ring (bicyclic) bond motifs is 6. The zero-order valence-electron chi connectivity index (χ0n) is 23.6. The first-order valence-corrected chi connectivity index (χ1v) is 14.1. The molecule has 1 N–H and O–H groups in total. The molecule has 1 fully saturated rings. The van der Waals surface area contributed by atoms with Crippen molar-refractivity contribution >= 4 is 5.97 Å². The Morgan fingerprint density at radius 3 is 2.44 bits per heavy atom. The fourth-order valence-electron chi connectivity index (χ4n) is 6.99. The van der Waals surface area contributed by atoms with Gasteiger partial charge in [0.15, 0.2) is 12.0 Å². The molecule has 5 nitrogen and oxygen atoms in total. The molecule has 0 bridgehead atoms. The molecule has 2 aliphatic rings. The van der Waals surface area contributed by atoms with Crippen molar-refractivity contribution in [3.05, 3.63) is 82.8 Å². The number of nitrogens with one attached hydrogen (secondary N) is 1. The van der Waals surface area contributed by atoms with Gasteiger partial charge in [-0.3, -0.25) is 0 Å². The number of esters is 1. The lowest BCUT2D eigenvalue weighted by atomic mass is 9.78. The summed E-state index contributed by atoms with van der Waals surface area (Å²) in [5.74, 6) is -3.75. The SMILES string of the molecule is CCCCCCc1cc[n+]2c(c1)-c1c(cc(F)c(C(F)(F)F)c1F)C1(CC)C(=COC(=O)c3[nH]cc[n+]3C)C21CC. The molecule has 10 heteroatoms. The highest BCUT2D eigenvalue weighted by Crippen LogP contribution is 2.72. The lowest BCUT2D eigenvalue weighted by Gasteiger charge is -2.29. The van der Waals surface area contributed by atoms with Crippen LogP contribution in [0.2, 0.25) is 0 Å². The van der Waals surface area contributed by atoms with Gasteiger partial charge in [-0.05, 0) is 36.5 Å². The molecule has 3 heterocycles. The number of alkyl halides is 3. The van der Waals surface area contributed by atoms with Gasteiger partial charge in [0.2, 0.25) is 11.2 Å². The summed E-state index contributed by atoms with van der Waals surface area (Å²) >= 11 is 0. The molecule has 2 aromatic heterocycles. The van der Waals surface area contributed by atoms with Crippen molar-refractivity contribution in [2.24, 2.45) is 7.05 Å². The Kier molecular flexibility index (Phi) is 7.32. The van der Waals surface area contributed by atoms with Gasteiger partial charge in [0.1, 0.15) is 30.0 Å². The van der Waals surface area contributed by atoms with Crippen LogP contribution in [0.15, 0.2) is 48.6 Å². The molecular formula is C31H34F5N3O2+2. The molecule has 0 radical (unpaired) electrons. The second kappa shape index (κ2) is 10.4. The number of imidazole rings is 1. The fourth-order valence-corrected chi connectivity index (χ4v) is 6.99. The summed E-state index contributed by atoms with van der Waals surface area (Å²) in [6.07, 6.45) is 6.59. The van der Waals surface area contributed by atoms with Gasteiger partial charge in [0.25, 0.3) is 0 Å². The van der Waals surface area contributed by atoms with Crippen LogP contribution < -0.4 is 9.13 Å². The molecule has 0 saturated heterocycles. The average Bonchev–Trinajstić information content (AvgIpc) is 3.29. The molecule has 0 spiro atoms. The Labute approximate surface area is 235 Å². The van der Waals surface area contributed by atoms with Crippen LogP contribution in [0.5, 0.6) is 0 Å². The number of hydrogen-bond donors (Lipinski definition) is 1. The van der Waals surface area contributed by atoms with Crippen LogP contribution in [0, 0.1) is 11.6 Å². The van der Waals surface area contributed by atoms with E-state index in [2.05, 4.69) is 11.9 Å². The highest BCUT2D eigenvalue weighted by Gasteiger charge is 2.82. The van der Waals surface area contributed by atoms with Crippen molar-refractivity contribution in [1.82, 2.24) is 4.98 Å². The Hall–Kier alpha value is -3.56. The molecule has 218 valence electrons. The Morgan fingerprint density at radius 2 is 1.83 bits per heavy atom. The van der Waals surface area contributed by atoms with E-state index >= 15 is 8.78 Å². The Morgan fingerprint density at radius 1 is 1.07 bits per heavy atom. The highest BCUT2D eigenvalue weighted by molar-refractivity contribution is 5.84. The van der Waals surface area contributed by atoms with Crippen molar-refractivity contribution < 1.29 is 40.6 Å². The van der Waals surface area contributed by atoms with Gasteiger partial charge in [-0.1, -0.05) is 40.0 Å². The van der Waals surface area contributed by atoms with Crippen molar-refractivity contribution in [2.75, 3.05) is 0 Å². The summed E-state index contributed by atoms with van der Waals surface area (Å²) in [5, 5.41) is 0. The van der Waals surface area contributed by atoms with Gasteiger partial charge < -0.3 is 4.74 Å². The summed E-state index contributed by atoms with van der Waals surface area (Å²) in [6, 6.07) is 4.47. The van der Waals surface area contributed by atoms with Crippen molar-refractivity contribution in [3.8, 4) is 11.3 Å². The fraction of sp³-hybridized carbons (Fsp3) is 0.452. The number of rotatable bonds is 9. The molecule has 41 heavy (non-hydrogen) atoms. The van der Waals surface area contributed by atoms with Crippen molar-refractivity contribution in [2.45, 2.75) is 82.8 Å². The minimum atomic E-state index is -5.21. The smallest absolute Gasteiger partial charge is 0.425 e. The quantitative estimate of drug-likeness (QED) is 0.101. The number of carbonyl (C=O) groups is 1. The highest BCUT2D eigenvalue weighted by atomic mass is 19.4. The number of benzene rings is 1. The number of aromatic nitrogens is 3. The number of nitrogens with zero attached hydrogens (tertiary/aromatic N) is 2. The minimum absolute atomic E-state index is 0.140. The van der Waals surface area contributed by atoms with Crippen molar-refractivity contribution in [1.29, 1.82) is 0 Å². The third kappa shape index (κ3) is 4.20. The van der Waals surface area contributed by atoms with Crippen LogP contribution in [0.3, 0.4) is 0 Å². The molecule has 2 atom stereocenters. The van der Waals surface area contributed by atoms with E-state index in [0.717, 1.165) is 37.3 Å². The maximum atomic E-state index is 16.0. The van der Waals surface area contributed by atoms with E-state index < -0.39 is 40.3 Å². The number of aromatic amines is 1. The molecule has 1 aromatic carbocycles. The zero-order valence-corrected chi connectivity index (χ0v) is 23.6. The maximum absolute atomic E-state index is 16.0. The number of pyridine rings is 1. The summed E-state index contributed by atoms with van der Waals surface area (Å²) in [7, 11) is 1.67. The predicted octanol–water partition coefficient (Wildman–Crippen LogP) is 6.73. The first-order chi connectivity index (χ1) is 19.5. The van der Waals surface area contributed by atoms with E-state index in [4.69, 9.17) is 4.74 Å². The van der Waals surface area contributed by atoms with Crippen LogP contribution in [0.25, 0.3) is 11.3 Å². The number of H-pyrrole nitrogens is 1. The molecule has 5 rings (SSSR count). The number of hydrogen-bond acceptors (Lipinski definition) is 2. The summed E-state index contributed by atoms with van der Waals surface area (Å²) in [4.78, 5) is 15.6.